The summed E-state index contributed by atoms with van der Waals surface area (Å²) in [5.41, 5.74) is 0. The van der Waals surface area contributed by atoms with Gasteiger partial charge in [-0.3, -0.25) is 0 Å². The normalized spacial score (nSPS) is 15.9. The lowest BCUT2D eigenvalue weighted by molar-refractivity contribution is 0.461. The molecule has 0 radical (unpaired) electrons. The smallest absolute Gasteiger partial charge is 0.00979 e. The first-order chi connectivity index (χ1) is 11.4. The van der Waals surface area contributed by atoms with E-state index in [0.29, 0.717) is 0 Å². The molecule has 1 aliphatic rings. The molecule has 0 aromatic rings. The number of hydrogen-bond donors (Lipinski definition) is 1. The van der Waals surface area contributed by atoms with Gasteiger partial charge in [0.05, 0.1) is 0 Å². The minimum Gasteiger partial charge on any atom is -0.179 e. The number of rotatable bonds is 16. The van der Waals surface area contributed by atoms with E-state index in [1.807, 2.05) is 0 Å². The monoisotopic (exact) mass is 338 g/mol. The Morgan fingerprint density at radius 2 is 1.09 bits per heavy atom. The van der Waals surface area contributed by atoms with Crippen LogP contribution in [0.5, 0.6) is 0 Å². The topological polar surface area (TPSA) is 0 Å². The Morgan fingerprint density at radius 1 is 0.609 bits per heavy atom. The maximum Gasteiger partial charge on any atom is -0.00979 e. The first-order valence-corrected chi connectivity index (χ1v) is 11.3. The van der Waals surface area contributed by atoms with Crippen LogP contribution < -0.4 is 0 Å². The third kappa shape index (κ3) is 14.2. The predicted octanol–water partition coefficient (Wildman–Crippen LogP) is 8.12. The van der Waals surface area contributed by atoms with Gasteiger partial charge in [-0.2, -0.15) is 12.6 Å². The molecule has 0 nitrogen and oxygen atoms in total. The molecule has 0 aromatic heterocycles. The van der Waals surface area contributed by atoms with Gasteiger partial charge in [0, 0.05) is 0 Å². The Labute approximate surface area is 152 Å². The SMILES string of the molecule is SCCCCCC/C=C/CCCCCCCCCC1CCCC1. The molecule has 0 amide bonds. The molecule has 0 bridgehead atoms. The average Bonchev–Trinajstić information content (AvgIpc) is 3.08. The number of allylic oxidation sites excluding steroid dienone is 2. The second-order valence-corrected chi connectivity index (χ2v) is 8.05. The van der Waals surface area contributed by atoms with Crippen molar-refractivity contribution in [3.05, 3.63) is 12.2 Å². The van der Waals surface area contributed by atoms with Crippen molar-refractivity contribution in [1.82, 2.24) is 0 Å². The lowest BCUT2D eigenvalue weighted by Crippen LogP contribution is -1.92. The van der Waals surface area contributed by atoms with Crippen LogP contribution in [0.1, 0.15) is 116 Å². The van der Waals surface area contributed by atoms with Crippen molar-refractivity contribution < 1.29 is 0 Å². The van der Waals surface area contributed by atoms with E-state index >= 15 is 0 Å². The summed E-state index contributed by atoms with van der Waals surface area (Å²) in [6.45, 7) is 0. The summed E-state index contributed by atoms with van der Waals surface area (Å²) in [7, 11) is 0. The maximum absolute atomic E-state index is 4.25. The Bertz CT molecular complexity index is 253. The summed E-state index contributed by atoms with van der Waals surface area (Å²) in [4.78, 5) is 0. The second-order valence-electron chi connectivity index (χ2n) is 7.60. The van der Waals surface area contributed by atoms with Crippen LogP contribution in [0.15, 0.2) is 12.2 Å². The molecule has 23 heavy (non-hydrogen) atoms. The summed E-state index contributed by atoms with van der Waals surface area (Å²) < 4.78 is 0. The molecular weight excluding hydrogens is 296 g/mol. The van der Waals surface area contributed by atoms with Gasteiger partial charge in [0.2, 0.25) is 0 Å². The minimum absolute atomic E-state index is 1.05. The van der Waals surface area contributed by atoms with Crippen molar-refractivity contribution >= 4 is 12.6 Å². The van der Waals surface area contributed by atoms with E-state index < -0.39 is 0 Å². The highest BCUT2D eigenvalue weighted by Crippen LogP contribution is 2.29. The largest absolute Gasteiger partial charge is 0.179 e. The molecule has 1 rings (SSSR count). The minimum atomic E-state index is 1.05. The highest BCUT2D eigenvalue weighted by molar-refractivity contribution is 7.80. The van der Waals surface area contributed by atoms with Gasteiger partial charge in [-0.25, -0.2) is 0 Å². The van der Waals surface area contributed by atoms with Crippen molar-refractivity contribution in [2.45, 2.75) is 116 Å². The summed E-state index contributed by atoms with van der Waals surface area (Å²) in [6, 6.07) is 0. The third-order valence-electron chi connectivity index (χ3n) is 5.40. The standard InChI is InChI=1S/C22H42S/c23-21-17-13-11-9-7-5-3-1-2-4-6-8-10-12-14-18-22-19-15-16-20-22/h3,5,22-23H,1-2,4,6-21H2/b5-3+. The second kappa shape index (κ2) is 16.9. The molecule has 1 aliphatic carbocycles. The summed E-state index contributed by atoms with van der Waals surface area (Å²) in [6.07, 6.45) is 30.7. The summed E-state index contributed by atoms with van der Waals surface area (Å²) in [5, 5.41) is 0. The maximum atomic E-state index is 4.25. The van der Waals surface area contributed by atoms with E-state index in [1.165, 1.54) is 116 Å². The van der Waals surface area contributed by atoms with Crippen LogP contribution in [0, 0.1) is 5.92 Å². The van der Waals surface area contributed by atoms with E-state index in [-0.39, 0.29) is 0 Å². The molecule has 136 valence electrons. The van der Waals surface area contributed by atoms with Crippen molar-refractivity contribution in [1.29, 1.82) is 0 Å². The van der Waals surface area contributed by atoms with Gasteiger partial charge in [-0.1, -0.05) is 95.6 Å². The Balaban J connectivity index is 1.69. The van der Waals surface area contributed by atoms with Gasteiger partial charge in [0.25, 0.3) is 0 Å². The van der Waals surface area contributed by atoms with Crippen LogP contribution in [0.2, 0.25) is 0 Å². The van der Waals surface area contributed by atoms with Gasteiger partial charge in [-0.15, -0.1) is 0 Å². The fourth-order valence-corrected chi connectivity index (χ4v) is 4.06. The molecule has 1 heteroatoms. The molecule has 0 N–H and O–H groups in total. The zero-order chi connectivity index (χ0) is 16.4. The fraction of sp³-hybridized carbons (Fsp3) is 0.909. The van der Waals surface area contributed by atoms with E-state index in [1.54, 1.807) is 0 Å². The van der Waals surface area contributed by atoms with Crippen LogP contribution in [-0.4, -0.2) is 5.75 Å². The quantitative estimate of drug-likeness (QED) is 0.164. The Morgan fingerprint density at radius 3 is 1.65 bits per heavy atom. The van der Waals surface area contributed by atoms with Crippen molar-refractivity contribution in [2.75, 3.05) is 5.75 Å². The van der Waals surface area contributed by atoms with Gasteiger partial charge in [0.15, 0.2) is 0 Å². The molecule has 0 unspecified atom stereocenters. The Kier molecular flexibility index (Phi) is 15.6. The molecule has 1 fully saturated rings. The summed E-state index contributed by atoms with van der Waals surface area (Å²) >= 11 is 4.25. The lowest BCUT2D eigenvalue weighted by Gasteiger charge is -2.07. The predicted molar refractivity (Wildman–Crippen MR) is 110 cm³/mol. The molecule has 0 spiro atoms. The Hall–Kier alpha value is 0.0900. The molecule has 0 saturated heterocycles. The molecule has 1 saturated carbocycles. The van der Waals surface area contributed by atoms with Gasteiger partial charge in [0.1, 0.15) is 0 Å². The third-order valence-corrected chi connectivity index (χ3v) is 5.72. The van der Waals surface area contributed by atoms with Crippen molar-refractivity contribution in [2.24, 2.45) is 5.92 Å². The number of hydrogen-bond acceptors (Lipinski definition) is 1. The van der Waals surface area contributed by atoms with Crippen molar-refractivity contribution in [3.8, 4) is 0 Å². The molecular formula is C22H42S. The molecule has 0 atom stereocenters. The first kappa shape index (κ1) is 21.1. The lowest BCUT2D eigenvalue weighted by atomic mass is 9.99. The van der Waals surface area contributed by atoms with Crippen LogP contribution in [0.3, 0.4) is 0 Å². The number of unbranched alkanes of at least 4 members (excludes halogenated alkanes) is 11. The summed E-state index contributed by atoms with van der Waals surface area (Å²) in [5.74, 6) is 2.15. The van der Waals surface area contributed by atoms with E-state index in [9.17, 15) is 0 Å². The zero-order valence-corrected chi connectivity index (χ0v) is 16.5. The van der Waals surface area contributed by atoms with Gasteiger partial charge >= 0.3 is 0 Å². The molecule has 0 aromatic carbocycles. The van der Waals surface area contributed by atoms with E-state index in [0.717, 1.165) is 11.7 Å². The van der Waals surface area contributed by atoms with Crippen LogP contribution in [0.25, 0.3) is 0 Å². The molecule has 0 heterocycles. The van der Waals surface area contributed by atoms with Crippen molar-refractivity contribution in [3.63, 3.8) is 0 Å². The van der Waals surface area contributed by atoms with Crippen LogP contribution in [0.4, 0.5) is 0 Å². The van der Waals surface area contributed by atoms with E-state index in [4.69, 9.17) is 0 Å². The van der Waals surface area contributed by atoms with Gasteiger partial charge < -0.3 is 0 Å². The highest BCUT2D eigenvalue weighted by atomic mass is 32.1. The average molecular weight is 339 g/mol. The van der Waals surface area contributed by atoms with E-state index in [2.05, 4.69) is 24.8 Å². The number of thiol groups is 1. The van der Waals surface area contributed by atoms with Crippen LogP contribution >= 0.6 is 12.6 Å². The fourth-order valence-electron chi connectivity index (χ4n) is 3.84. The van der Waals surface area contributed by atoms with Crippen LogP contribution in [-0.2, 0) is 0 Å². The molecule has 0 aliphatic heterocycles. The zero-order valence-electron chi connectivity index (χ0n) is 15.6. The van der Waals surface area contributed by atoms with Gasteiger partial charge in [-0.05, 0) is 43.8 Å². The highest BCUT2D eigenvalue weighted by Gasteiger charge is 2.13. The first-order valence-electron chi connectivity index (χ1n) is 10.7.